The van der Waals surface area contributed by atoms with Crippen LogP contribution in [0.1, 0.15) is 20.8 Å². The lowest BCUT2D eigenvalue weighted by atomic mass is 9.86. The second kappa shape index (κ2) is 3.32. The van der Waals surface area contributed by atoms with Crippen LogP contribution < -0.4 is 5.73 Å². The number of nitrogens with two attached hydrogens (primary N) is 1. The van der Waals surface area contributed by atoms with Crippen LogP contribution in [0.15, 0.2) is 0 Å². The van der Waals surface area contributed by atoms with E-state index in [1.165, 1.54) is 0 Å². The van der Waals surface area contributed by atoms with Gasteiger partial charge in [-0.25, -0.2) is 0 Å². The van der Waals surface area contributed by atoms with Crippen molar-refractivity contribution in [2.24, 2.45) is 11.1 Å². The maximum atomic E-state index is 9.32. The summed E-state index contributed by atoms with van der Waals surface area (Å²) < 4.78 is 0. The van der Waals surface area contributed by atoms with Gasteiger partial charge in [-0.05, 0) is 5.41 Å². The Balaban J connectivity index is 3.94. The molecule has 0 bridgehead atoms. The zero-order valence-electron chi connectivity index (χ0n) is 6.83. The molecule has 0 saturated heterocycles. The maximum absolute atomic E-state index is 9.32. The zero-order valence-corrected chi connectivity index (χ0v) is 6.83. The first-order chi connectivity index (χ1) is 4.39. The maximum Gasteiger partial charge on any atom is 0.0926 e. The zero-order chi connectivity index (χ0) is 8.36. The Morgan fingerprint density at radius 1 is 1.30 bits per heavy atom. The van der Waals surface area contributed by atoms with Crippen LogP contribution in [0.25, 0.3) is 0 Å². The van der Waals surface area contributed by atoms with Crippen molar-refractivity contribution in [2.45, 2.75) is 33.0 Å². The van der Waals surface area contributed by atoms with Crippen LogP contribution in [0, 0.1) is 5.41 Å². The molecule has 0 aromatic heterocycles. The van der Waals surface area contributed by atoms with Crippen LogP contribution in [0.2, 0.25) is 0 Å². The molecule has 0 aliphatic heterocycles. The monoisotopic (exact) mass is 147 g/mol. The number of rotatable bonds is 2. The third kappa shape index (κ3) is 2.64. The number of aliphatic hydroxyl groups is 2. The molecule has 3 nitrogen and oxygen atoms in total. The fourth-order valence-electron chi connectivity index (χ4n) is 0.706. The summed E-state index contributed by atoms with van der Waals surface area (Å²) in [7, 11) is 0. The van der Waals surface area contributed by atoms with Crippen LogP contribution in [-0.2, 0) is 0 Å². The molecule has 62 valence electrons. The van der Waals surface area contributed by atoms with Gasteiger partial charge in [0.15, 0.2) is 0 Å². The molecule has 0 aliphatic rings. The van der Waals surface area contributed by atoms with Gasteiger partial charge >= 0.3 is 0 Å². The summed E-state index contributed by atoms with van der Waals surface area (Å²) in [6.45, 7) is 5.68. The van der Waals surface area contributed by atoms with E-state index in [9.17, 15) is 5.11 Å². The van der Waals surface area contributed by atoms with Gasteiger partial charge in [0.2, 0.25) is 0 Å². The lowest BCUT2D eigenvalue weighted by Crippen LogP contribution is -2.41. The van der Waals surface area contributed by atoms with Crippen molar-refractivity contribution >= 4 is 0 Å². The highest BCUT2D eigenvalue weighted by atomic mass is 16.3. The van der Waals surface area contributed by atoms with Crippen molar-refractivity contribution < 1.29 is 10.2 Å². The summed E-state index contributed by atoms with van der Waals surface area (Å²) in [5.74, 6) is 0. The highest BCUT2D eigenvalue weighted by molar-refractivity contribution is 4.79. The highest BCUT2D eigenvalue weighted by Crippen LogP contribution is 2.20. The summed E-state index contributed by atoms with van der Waals surface area (Å²) in [6.07, 6.45) is -1.54. The Labute approximate surface area is 61.9 Å². The molecule has 2 atom stereocenters. The van der Waals surface area contributed by atoms with Crippen LogP contribution in [0.4, 0.5) is 0 Å². The lowest BCUT2D eigenvalue weighted by molar-refractivity contribution is -0.0393. The van der Waals surface area contributed by atoms with E-state index >= 15 is 0 Å². The lowest BCUT2D eigenvalue weighted by Gasteiger charge is -2.29. The van der Waals surface area contributed by atoms with Crippen molar-refractivity contribution in [3.63, 3.8) is 0 Å². The van der Waals surface area contributed by atoms with Gasteiger partial charge in [0.05, 0.1) is 12.2 Å². The minimum absolute atomic E-state index is 0.110. The van der Waals surface area contributed by atoms with E-state index < -0.39 is 12.2 Å². The molecule has 0 fully saturated rings. The van der Waals surface area contributed by atoms with Gasteiger partial charge in [0.1, 0.15) is 0 Å². The second-order valence-electron chi connectivity index (χ2n) is 3.61. The Bertz CT molecular complexity index is 98.3. The van der Waals surface area contributed by atoms with Gasteiger partial charge in [0, 0.05) is 6.54 Å². The fraction of sp³-hybridized carbons (Fsp3) is 1.00. The molecular formula is C7H17NO2. The summed E-state index contributed by atoms with van der Waals surface area (Å²) in [5.41, 5.74) is 4.87. The molecule has 2 unspecified atom stereocenters. The molecule has 0 radical (unpaired) electrons. The van der Waals surface area contributed by atoms with E-state index in [1.807, 2.05) is 20.8 Å². The van der Waals surface area contributed by atoms with E-state index in [0.29, 0.717) is 0 Å². The molecule has 4 N–H and O–H groups in total. The molecular weight excluding hydrogens is 130 g/mol. The van der Waals surface area contributed by atoms with E-state index in [-0.39, 0.29) is 12.0 Å². The predicted octanol–water partition coefficient (Wildman–Crippen LogP) is -0.287. The smallest absolute Gasteiger partial charge is 0.0926 e. The Hall–Kier alpha value is -0.120. The summed E-state index contributed by atoms with van der Waals surface area (Å²) in [5, 5.41) is 18.4. The summed E-state index contributed by atoms with van der Waals surface area (Å²) in [4.78, 5) is 0. The average Bonchev–Trinajstić information content (AvgIpc) is 1.83. The minimum atomic E-state index is -0.806. The molecule has 0 aliphatic carbocycles. The second-order valence-corrected chi connectivity index (χ2v) is 3.61. The van der Waals surface area contributed by atoms with Crippen molar-refractivity contribution in [2.75, 3.05) is 6.54 Å². The molecule has 0 aromatic carbocycles. The SMILES string of the molecule is CC(C)(C)C(O)C(O)CN. The van der Waals surface area contributed by atoms with Crippen LogP contribution in [-0.4, -0.2) is 29.0 Å². The Morgan fingerprint density at radius 3 is 1.80 bits per heavy atom. The topological polar surface area (TPSA) is 66.5 Å². The largest absolute Gasteiger partial charge is 0.390 e. The highest BCUT2D eigenvalue weighted by Gasteiger charge is 2.27. The number of aliphatic hydroxyl groups excluding tert-OH is 2. The predicted molar refractivity (Wildman–Crippen MR) is 40.5 cm³/mol. The van der Waals surface area contributed by atoms with E-state index in [1.54, 1.807) is 0 Å². The van der Waals surface area contributed by atoms with Gasteiger partial charge < -0.3 is 15.9 Å². The van der Waals surface area contributed by atoms with Gasteiger partial charge in [-0.1, -0.05) is 20.8 Å². The summed E-state index contributed by atoms with van der Waals surface area (Å²) >= 11 is 0. The molecule has 0 amide bonds. The van der Waals surface area contributed by atoms with Crippen LogP contribution >= 0.6 is 0 Å². The average molecular weight is 147 g/mol. The first-order valence-corrected chi connectivity index (χ1v) is 3.45. The molecule has 0 spiro atoms. The third-order valence-corrected chi connectivity index (χ3v) is 1.49. The molecule has 0 saturated carbocycles. The third-order valence-electron chi connectivity index (χ3n) is 1.49. The standard InChI is InChI=1S/C7H17NO2/c1-7(2,3)6(10)5(9)4-8/h5-6,9-10H,4,8H2,1-3H3. The van der Waals surface area contributed by atoms with Gasteiger partial charge in [-0.2, -0.15) is 0 Å². The van der Waals surface area contributed by atoms with Crippen molar-refractivity contribution in [3.8, 4) is 0 Å². The molecule has 0 heterocycles. The fourth-order valence-corrected chi connectivity index (χ4v) is 0.706. The van der Waals surface area contributed by atoms with Crippen molar-refractivity contribution in [1.82, 2.24) is 0 Å². The number of hydrogen-bond acceptors (Lipinski definition) is 3. The van der Waals surface area contributed by atoms with Gasteiger partial charge in [-0.15, -0.1) is 0 Å². The summed E-state index contributed by atoms with van der Waals surface area (Å²) in [6, 6.07) is 0. The molecule has 3 heteroatoms. The van der Waals surface area contributed by atoms with Crippen molar-refractivity contribution in [1.29, 1.82) is 0 Å². The van der Waals surface area contributed by atoms with E-state index in [0.717, 1.165) is 0 Å². The van der Waals surface area contributed by atoms with Gasteiger partial charge in [0.25, 0.3) is 0 Å². The van der Waals surface area contributed by atoms with Crippen LogP contribution in [0.3, 0.4) is 0 Å². The quantitative estimate of drug-likeness (QED) is 0.503. The molecule has 10 heavy (non-hydrogen) atoms. The molecule has 0 rings (SSSR count). The first-order valence-electron chi connectivity index (χ1n) is 3.45. The Morgan fingerprint density at radius 2 is 1.70 bits per heavy atom. The Kier molecular flexibility index (Phi) is 3.28. The minimum Gasteiger partial charge on any atom is -0.390 e. The van der Waals surface area contributed by atoms with E-state index in [2.05, 4.69) is 0 Å². The molecule has 0 aromatic rings. The van der Waals surface area contributed by atoms with Crippen LogP contribution in [0.5, 0.6) is 0 Å². The normalized spacial score (nSPS) is 18.6. The van der Waals surface area contributed by atoms with Gasteiger partial charge in [-0.3, -0.25) is 0 Å². The van der Waals surface area contributed by atoms with Crippen molar-refractivity contribution in [3.05, 3.63) is 0 Å². The van der Waals surface area contributed by atoms with E-state index in [4.69, 9.17) is 10.8 Å². The number of hydrogen-bond donors (Lipinski definition) is 3. The first kappa shape index (κ1) is 9.88.